The average Bonchev–Trinajstić information content (AvgIpc) is 3.01. The Hall–Kier alpha value is -2.37. The molecule has 0 bridgehead atoms. The van der Waals surface area contributed by atoms with E-state index in [1.165, 1.54) is 11.3 Å². The lowest BCUT2D eigenvalue weighted by molar-refractivity contribution is 0.0957. The Balaban J connectivity index is 1.77. The standard InChI is InChI=1S/C16H14N2O2S/c17-18-16(19)15-9-8-12(21-15)10-20-14-7-3-5-11-4-1-2-6-13(11)14/h1-9H,10,17H2,(H,18,19). The monoisotopic (exact) mass is 298 g/mol. The van der Waals surface area contributed by atoms with E-state index in [9.17, 15) is 4.79 Å². The van der Waals surface area contributed by atoms with Crippen molar-refractivity contribution in [2.24, 2.45) is 5.84 Å². The Morgan fingerprint density at radius 3 is 2.76 bits per heavy atom. The molecule has 21 heavy (non-hydrogen) atoms. The number of carbonyl (C=O) groups is 1. The highest BCUT2D eigenvalue weighted by molar-refractivity contribution is 7.14. The molecule has 1 aromatic heterocycles. The lowest BCUT2D eigenvalue weighted by Gasteiger charge is -2.08. The normalized spacial score (nSPS) is 10.5. The van der Waals surface area contributed by atoms with Crippen LogP contribution in [0.1, 0.15) is 14.5 Å². The molecule has 3 rings (SSSR count). The maximum atomic E-state index is 11.4. The zero-order valence-electron chi connectivity index (χ0n) is 11.2. The summed E-state index contributed by atoms with van der Waals surface area (Å²) in [5.41, 5.74) is 2.12. The van der Waals surface area contributed by atoms with Crippen molar-refractivity contribution in [1.29, 1.82) is 0 Å². The van der Waals surface area contributed by atoms with Crippen LogP contribution in [-0.4, -0.2) is 5.91 Å². The van der Waals surface area contributed by atoms with Gasteiger partial charge in [0, 0.05) is 10.3 Å². The number of amides is 1. The van der Waals surface area contributed by atoms with Crippen LogP contribution in [0.25, 0.3) is 10.8 Å². The van der Waals surface area contributed by atoms with E-state index < -0.39 is 0 Å². The summed E-state index contributed by atoms with van der Waals surface area (Å²) in [5.74, 6) is 5.67. The van der Waals surface area contributed by atoms with Crippen molar-refractivity contribution in [3.05, 3.63) is 64.4 Å². The lowest BCUT2D eigenvalue weighted by Crippen LogP contribution is -2.29. The molecule has 0 spiro atoms. The molecule has 5 heteroatoms. The van der Waals surface area contributed by atoms with Crippen molar-refractivity contribution < 1.29 is 9.53 Å². The van der Waals surface area contributed by atoms with Gasteiger partial charge in [-0.05, 0) is 23.6 Å². The molecule has 1 amide bonds. The topological polar surface area (TPSA) is 64.3 Å². The molecule has 0 aliphatic carbocycles. The molecule has 1 heterocycles. The fourth-order valence-corrected chi connectivity index (χ4v) is 2.94. The highest BCUT2D eigenvalue weighted by Crippen LogP contribution is 2.27. The van der Waals surface area contributed by atoms with E-state index in [1.807, 2.05) is 36.4 Å². The molecule has 0 unspecified atom stereocenters. The molecule has 0 aliphatic heterocycles. The van der Waals surface area contributed by atoms with Gasteiger partial charge < -0.3 is 4.74 Å². The zero-order chi connectivity index (χ0) is 14.7. The van der Waals surface area contributed by atoms with Gasteiger partial charge in [-0.15, -0.1) is 11.3 Å². The number of hydrazine groups is 1. The van der Waals surface area contributed by atoms with Crippen molar-refractivity contribution in [1.82, 2.24) is 5.43 Å². The van der Waals surface area contributed by atoms with Crippen molar-refractivity contribution in [2.45, 2.75) is 6.61 Å². The van der Waals surface area contributed by atoms with Crippen LogP contribution < -0.4 is 16.0 Å². The first-order valence-electron chi connectivity index (χ1n) is 6.48. The van der Waals surface area contributed by atoms with Crippen LogP contribution in [0.4, 0.5) is 0 Å². The molecule has 106 valence electrons. The first-order valence-corrected chi connectivity index (χ1v) is 7.30. The number of nitrogens with one attached hydrogen (secondary N) is 1. The Labute approximate surface area is 126 Å². The van der Waals surface area contributed by atoms with E-state index in [0.717, 1.165) is 21.4 Å². The molecule has 3 N–H and O–H groups in total. The summed E-state index contributed by atoms with van der Waals surface area (Å²) in [6.45, 7) is 0.427. The van der Waals surface area contributed by atoms with Crippen molar-refractivity contribution >= 4 is 28.0 Å². The molecule has 0 atom stereocenters. The molecule has 0 saturated carbocycles. The minimum absolute atomic E-state index is 0.281. The van der Waals surface area contributed by atoms with Crippen molar-refractivity contribution in [3.8, 4) is 5.75 Å². The molecule has 0 fully saturated rings. The Morgan fingerprint density at radius 1 is 1.10 bits per heavy atom. The molecule has 0 saturated heterocycles. The van der Waals surface area contributed by atoms with Gasteiger partial charge in [-0.3, -0.25) is 10.2 Å². The SMILES string of the molecule is NNC(=O)c1ccc(COc2cccc3ccccc23)s1. The van der Waals surface area contributed by atoms with Crippen LogP contribution in [0.5, 0.6) is 5.75 Å². The number of ether oxygens (including phenoxy) is 1. The minimum Gasteiger partial charge on any atom is -0.487 e. The van der Waals surface area contributed by atoms with Crippen LogP contribution in [-0.2, 0) is 6.61 Å². The number of thiophene rings is 1. The van der Waals surface area contributed by atoms with Gasteiger partial charge in [0.2, 0.25) is 0 Å². The largest absolute Gasteiger partial charge is 0.487 e. The highest BCUT2D eigenvalue weighted by atomic mass is 32.1. The van der Waals surface area contributed by atoms with Gasteiger partial charge in [0.05, 0.1) is 4.88 Å². The minimum atomic E-state index is -0.281. The Morgan fingerprint density at radius 2 is 1.90 bits per heavy atom. The van der Waals surface area contributed by atoms with Crippen LogP contribution in [0.15, 0.2) is 54.6 Å². The van der Waals surface area contributed by atoms with E-state index in [-0.39, 0.29) is 5.91 Å². The van der Waals surface area contributed by atoms with Crippen LogP contribution in [0, 0.1) is 0 Å². The van der Waals surface area contributed by atoms with Gasteiger partial charge in [0.1, 0.15) is 12.4 Å². The number of benzene rings is 2. The summed E-state index contributed by atoms with van der Waals surface area (Å²) >= 11 is 1.37. The maximum Gasteiger partial charge on any atom is 0.275 e. The highest BCUT2D eigenvalue weighted by Gasteiger charge is 2.08. The molecular weight excluding hydrogens is 284 g/mol. The van der Waals surface area contributed by atoms with Gasteiger partial charge >= 0.3 is 0 Å². The van der Waals surface area contributed by atoms with E-state index in [1.54, 1.807) is 6.07 Å². The maximum absolute atomic E-state index is 11.4. The van der Waals surface area contributed by atoms with Gasteiger partial charge in [-0.2, -0.15) is 0 Å². The first kappa shape index (κ1) is 13.6. The predicted molar refractivity (Wildman–Crippen MR) is 84.3 cm³/mol. The zero-order valence-corrected chi connectivity index (χ0v) is 12.0. The van der Waals surface area contributed by atoms with Crippen LogP contribution >= 0.6 is 11.3 Å². The third-order valence-corrected chi connectivity index (χ3v) is 4.19. The Bertz CT molecular complexity index is 777. The van der Waals surface area contributed by atoms with Gasteiger partial charge in [0.25, 0.3) is 5.91 Å². The van der Waals surface area contributed by atoms with Gasteiger partial charge in [-0.25, -0.2) is 5.84 Å². The fourth-order valence-electron chi connectivity index (χ4n) is 2.12. The van der Waals surface area contributed by atoms with E-state index in [4.69, 9.17) is 10.6 Å². The molecule has 4 nitrogen and oxygen atoms in total. The van der Waals surface area contributed by atoms with Gasteiger partial charge in [-0.1, -0.05) is 36.4 Å². The summed E-state index contributed by atoms with van der Waals surface area (Å²) in [5, 5.41) is 2.22. The summed E-state index contributed by atoms with van der Waals surface area (Å²) in [4.78, 5) is 13.0. The van der Waals surface area contributed by atoms with E-state index in [2.05, 4.69) is 17.6 Å². The first-order chi connectivity index (χ1) is 10.3. The fraction of sp³-hybridized carbons (Fsp3) is 0.0625. The Kier molecular flexibility index (Phi) is 3.85. The molecule has 0 radical (unpaired) electrons. The number of carbonyl (C=O) groups excluding carboxylic acids is 1. The second kappa shape index (κ2) is 5.95. The molecule has 2 aromatic carbocycles. The molecular formula is C16H14N2O2S. The van der Waals surface area contributed by atoms with Gasteiger partial charge in [0.15, 0.2) is 0 Å². The number of nitrogen functional groups attached to an aromatic ring is 1. The van der Waals surface area contributed by atoms with Crippen LogP contribution in [0.3, 0.4) is 0 Å². The number of hydrogen-bond acceptors (Lipinski definition) is 4. The lowest BCUT2D eigenvalue weighted by atomic mass is 10.1. The number of fused-ring (bicyclic) bond motifs is 1. The van der Waals surface area contributed by atoms with E-state index in [0.29, 0.717) is 11.5 Å². The average molecular weight is 298 g/mol. The molecule has 0 aliphatic rings. The number of rotatable bonds is 4. The summed E-state index contributed by atoms with van der Waals surface area (Å²) in [6.07, 6.45) is 0. The van der Waals surface area contributed by atoms with E-state index >= 15 is 0 Å². The summed E-state index contributed by atoms with van der Waals surface area (Å²) < 4.78 is 5.88. The predicted octanol–water partition coefficient (Wildman–Crippen LogP) is 3.08. The number of nitrogens with two attached hydrogens (primary N) is 1. The van der Waals surface area contributed by atoms with Crippen molar-refractivity contribution in [2.75, 3.05) is 0 Å². The third-order valence-electron chi connectivity index (χ3n) is 3.14. The summed E-state index contributed by atoms with van der Waals surface area (Å²) in [6, 6.07) is 17.7. The smallest absolute Gasteiger partial charge is 0.275 e. The van der Waals surface area contributed by atoms with Crippen LogP contribution in [0.2, 0.25) is 0 Å². The van der Waals surface area contributed by atoms with Crippen molar-refractivity contribution in [3.63, 3.8) is 0 Å². The second-order valence-corrected chi connectivity index (χ2v) is 5.67. The number of hydrogen-bond donors (Lipinski definition) is 2. The summed E-state index contributed by atoms with van der Waals surface area (Å²) in [7, 11) is 0. The third kappa shape index (κ3) is 2.89. The second-order valence-electron chi connectivity index (χ2n) is 4.51. The quantitative estimate of drug-likeness (QED) is 0.442. The molecule has 3 aromatic rings.